The number of halogens is 1. The molecule has 0 atom stereocenters. The molecule has 1 aliphatic rings. The maximum Gasteiger partial charge on any atom is 0.0250 e. The summed E-state index contributed by atoms with van der Waals surface area (Å²) in [5.74, 6) is 0. The van der Waals surface area contributed by atoms with Crippen molar-refractivity contribution in [1.29, 1.82) is 0 Å². The van der Waals surface area contributed by atoms with Crippen LogP contribution in [-0.2, 0) is 21.7 Å². The first-order valence-electron chi connectivity index (χ1n) is 10.2. The van der Waals surface area contributed by atoms with Crippen LogP contribution in [0.25, 0.3) is 11.1 Å². The smallest absolute Gasteiger partial charge is 0.0250 e. The molecule has 0 heterocycles. The molecular formula is C30H41ClTi-. The van der Waals surface area contributed by atoms with Crippen molar-refractivity contribution in [3.05, 3.63) is 92.6 Å². The van der Waals surface area contributed by atoms with E-state index in [4.69, 9.17) is 0 Å². The average molecular weight is 485 g/mol. The Morgan fingerprint density at radius 3 is 1.31 bits per heavy atom. The van der Waals surface area contributed by atoms with Crippen molar-refractivity contribution >= 4 is 11.1 Å². The first-order valence-corrected chi connectivity index (χ1v) is 10.2. The maximum atomic E-state index is 3.79. The van der Waals surface area contributed by atoms with E-state index in [9.17, 15) is 0 Å². The fourth-order valence-corrected chi connectivity index (χ4v) is 4.48. The summed E-state index contributed by atoms with van der Waals surface area (Å²) in [5.41, 5.74) is 18.2. The molecule has 0 nitrogen and oxygen atoms in total. The molecule has 2 aromatic rings. The zero-order valence-corrected chi connectivity index (χ0v) is 22.2. The van der Waals surface area contributed by atoms with Gasteiger partial charge in [0, 0.05) is 39.3 Å². The minimum Gasteiger partial charge on any atom is -1.00 e. The van der Waals surface area contributed by atoms with Crippen molar-refractivity contribution in [3.63, 3.8) is 0 Å². The molecular weight excluding hydrogens is 444 g/mol. The van der Waals surface area contributed by atoms with Crippen LogP contribution >= 0.6 is 0 Å². The summed E-state index contributed by atoms with van der Waals surface area (Å²) < 4.78 is 0. The Hall–Kier alpha value is -1.30. The van der Waals surface area contributed by atoms with Gasteiger partial charge in [0.25, 0.3) is 0 Å². The molecule has 0 fully saturated rings. The van der Waals surface area contributed by atoms with E-state index in [2.05, 4.69) is 105 Å². The molecule has 0 bridgehead atoms. The van der Waals surface area contributed by atoms with E-state index in [1.165, 1.54) is 61.2 Å². The van der Waals surface area contributed by atoms with Gasteiger partial charge < -0.3 is 12.4 Å². The van der Waals surface area contributed by atoms with Crippen molar-refractivity contribution in [2.45, 2.75) is 77.2 Å². The molecule has 2 aromatic carbocycles. The summed E-state index contributed by atoms with van der Waals surface area (Å²) in [6.45, 7) is 20.1. The Kier molecular flexibility index (Phi) is 12.6. The Balaban J connectivity index is 0. The van der Waals surface area contributed by atoms with E-state index < -0.39 is 0 Å². The summed E-state index contributed by atoms with van der Waals surface area (Å²) in [6.07, 6.45) is 4.68. The Morgan fingerprint density at radius 2 is 0.969 bits per heavy atom. The van der Waals surface area contributed by atoms with Crippen LogP contribution in [-0.4, -0.2) is 0 Å². The first kappa shape index (κ1) is 32.9. The number of allylic oxidation sites excluding steroid dienone is 3. The maximum absolute atomic E-state index is 3.79. The largest absolute Gasteiger partial charge is 1.00 e. The molecule has 0 spiro atoms. The number of hydrogen-bond donors (Lipinski definition) is 0. The van der Waals surface area contributed by atoms with E-state index in [0.717, 1.165) is 0 Å². The standard InChI is InChI=1S/C28H33.2CH4.ClH.Ti/c1-17-10-19(3)26(20(4)11-17)23-14-24(16-25(15-23)28(7,8)9)27-21(5)12-18(2)13-22(27)6;;;;/h10-13,15-16H,1-9H3;2*1H4;1H;/p-1. The molecule has 0 saturated heterocycles. The summed E-state index contributed by atoms with van der Waals surface area (Å²) in [5, 5.41) is 0. The fraction of sp³-hybridized carbons (Fsp3) is 0.400. The molecule has 2 heteroatoms. The van der Waals surface area contributed by atoms with Crippen LogP contribution < -0.4 is 12.4 Å². The van der Waals surface area contributed by atoms with E-state index in [1.54, 1.807) is 0 Å². The van der Waals surface area contributed by atoms with Gasteiger partial charge >= 0.3 is 0 Å². The van der Waals surface area contributed by atoms with E-state index in [-0.39, 0.29) is 54.4 Å². The monoisotopic (exact) mass is 484 g/mol. The van der Waals surface area contributed by atoms with E-state index in [1.807, 2.05) is 0 Å². The van der Waals surface area contributed by atoms with Gasteiger partial charge in [0.15, 0.2) is 0 Å². The first-order chi connectivity index (χ1) is 13.0. The van der Waals surface area contributed by atoms with Crippen molar-refractivity contribution in [1.82, 2.24) is 0 Å². The molecule has 0 saturated carbocycles. The number of benzene rings is 2. The fourth-order valence-electron chi connectivity index (χ4n) is 4.48. The molecule has 0 aromatic heterocycles. The second-order valence-electron chi connectivity index (χ2n) is 9.49. The zero-order chi connectivity index (χ0) is 20.8. The summed E-state index contributed by atoms with van der Waals surface area (Å²) >= 11 is 0. The number of rotatable bonds is 2. The summed E-state index contributed by atoms with van der Waals surface area (Å²) in [7, 11) is 0. The second-order valence-corrected chi connectivity index (χ2v) is 9.49. The quantitative estimate of drug-likeness (QED) is 0.358. The topological polar surface area (TPSA) is 0 Å². The third-order valence-corrected chi connectivity index (χ3v) is 5.63. The molecule has 0 aliphatic heterocycles. The molecule has 173 valence electrons. The van der Waals surface area contributed by atoms with Gasteiger partial charge in [0.2, 0.25) is 0 Å². The molecule has 32 heavy (non-hydrogen) atoms. The Labute approximate surface area is 219 Å². The van der Waals surface area contributed by atoms with Crippen molar-refractivity contribution in [3.8, 4) is 0 Å². The zero-order valence-electron chi connectivity index (χ0n) is 19.8. The van der Waals surface area contributed by atoms with Crippen LogP contribution in [0.5, 0.6) is 0 Å². The van der Waals surface area contributed by atoms with Gasteiger partial charge in [-0.05, 0) is 86.4 Å². The van der Waals surface area contributed by atoms with Crippen molar-refractivity contribution in [2.75, 3.05) is 0 Å². The van der Waals surface area contributed by atoms with Gasteiger partial charge in [-0.15, -0.1) is 5.73 Å². The number of hydrogen-bond acceptors (Lipinski definition) is 0. The van der Waals surface area contributed by atoms with Crippen LogP contribution in [0.15, 0.2) is 41.6 Å². The molecule has 1 aliphatic carbocycles. The summed E-state index contributed by atoms with van der Waals surface area (Å²) in [6, 6.07) is 9.12. The Morgan fingerprint density at radius 1 is 0.625 bits per heavy atom. The minimum absolute atomic E-state index is 0. The molecule has 0 amide bonds. The van der Waals surface area contributed by atoms with Gasteiger partial charge in [-0.1, -0.05) is 76.6 Å². The average Bonchev–Trinajstić information content (AvgIpc) is 2.51. The van der Waals surface area contributed by atoms with Crippen molar-refractivity contribution < 1.29 is 34.1 Å². The Bertz CT molecular complexity index is 1010. The van der Waals surface area contributed by atoms with Crippen LogP contribution in [0.3, 0.4) is 0 Å². The summed E-state index contributed by atoms with van der Waals surface area (Å²) in [4.78, 5) is 0. The van der Waals surface area contributed by atoms with Crippen LogP contribution in [0.2, 0.25) is 0 Å². The molecule has 0 unspecified atom stereocenters. The molecule has 1 radical (unpaired) electrons. The van der Waals surface area contributed by atoms with Gasteiger partial charge in [-0.3, -0.25) is 0 Å². The second kappa shape index (κ2) is 12.2. The predicted molar refractivity (Wildman–Crippen MR) is 137 cm³/mol. The third-order valence-electron chi connectivity index (χ3n) is 5.63. The van der Waals surface area contributed by atoms with E-state index in [0.29, 0.717) is 0 Å². The predicted octanol–water partition coefficient (Wildman–Crippen LogP) is 6.07. The normalized spacial score (nSPS) is 12.7. The van der Waals surface area contributed by atoms with E-state index >= 15 is 0 Å². The molecule has 3 rings (SSSR count). The van der Waals surface area contributed by atoms with Gasteiger partial charge in [0.1, 0.15) is 0 Å². The van der Waals surface area contributed by atoms with Gasteiger partial charge in [-0.2, -0.15) is 0 Å². The molecule has 0 N–H and O–H groups in total. The number of aryl methyl sites for hydroxylation is 6. The van der Waals surface area contributed by atoms with Crippen LogP contribution in [0.4, 0.5) is 0 Å². The van der Waals surface area contributed by atoms with Crippen molar-refractivity contribution in [2.24, 2.45) is 5.41 Å². The third kappa shape index (κ3) is 6.85. The van der Waals surface area contributed by atoms with Gasteiger partial charge in [-0.25, -0.2) is 0 Å². The SMILES string of the molecule is C.C.Cc1cc(C)c(C2=C=C(c3c(C)cc(C)cc3C)C=C(C(C)(C)C)[CH]2)c(C)c1.[Cl-].[Ti]. The van der Waals surface area contributed by atoms with Crippen LogP contribution in [0.1, 0.15) is 80.1 Å². The van der Waals surface area contributed by atoms with Gasteiger partial charge in [0.05, 0.1) is 0 Å². The van der Waals surface area contributed by atoms with Crippen LogP contribution in [0, 0.1) is 53.4 Å². The minimum atomic E-state index is 0.